The normalized spacial score (nSPS) is 16.7. The second kappa shape index (κ2) is 8.65. The fourth-order valence-corrected chi connectivity index (χ4v) is 3.68. The van der Waals surface area contributed by atoms with Crippen LogP contribution in [0.3, 0.4) is 0 Å². The molecule has 0 saturated heterocycles. The molecule has 0 unspecified atom stereocenters. The highest BCUT2D eigenvalue weighted by Gasteiger charge is 2.12. The van der Waals surface area contributed by atoms with Crippen LogP contribution < -0.4 is 5.32 Å². The minimum absolute atomic E-state index is 0.954. The van der Waals surface area contributed by atoms with Crippen LogP contribution in [0.4, 0.5) is 0 Å². The molecule has 106 valence electrons. The summed E-state index contributed by atoms with van der Waals surface area (Å²) in [6.07, 6.45) is 7.26. The first-order valence-corrected chi connectivity index (χ1v) is 8.84. The molecule has 1 N–H and O–H groups in total. The van der Waals surface area contributed by atoms with Crippen LogP contribution in [-0.2, 0) is 5.75 Å². The SMILES string of the molecule is Cc1cccc(CSCCNCC2CCCCC2)c1. The predicted molar refractivity (Wildman–Crippen MR) is 86.8 cm³/mol. The quantitative estimate of drug-likeness (QED) is 0.741. The van der Waals surface area contributed by atoms with Gasteiger partial charge in [0.1, 0.15) is 0 Å². The van der Waals surface area contributed by atoms with E-state index in [0.717, 1.165) is 18.2 Å². The average Bonchev–Trinajstić information content (AvgIpc) is 2.44. The van der Waals surface area contributed by atoms with E-state index in [1.165, 1.54) is 55.5 Å². The van der Waals surface area contributed by atoms with Crippen molar-refractivity contribution in [3.8, 4) is 0 Å². The number of hydrogen-bond acceptors (Lipinski definition) is 2. The fraction of sp³-hybridized carbons (Fsp3) is 0.647. The van der Waals surface area contributed by atoms with Gasteiger partial charge >= 0.3 is 0 Å². The van der Waals surface area contributed by atoms with Gasteiger partial charge < -0.3 is 5.32 Å². The van der Waals surface area contributed by atoms with Crippen molar-refractivity contribution in [3.05, 3.63) is 35.4 Å². The van der Waals surface area contributed by atoms with Crippen LogP contribution in [0.15, 0.2) is 24.3 Å². The molecule has 1 saturated carbocycles. The monoisotopic (exact) mass is 277 g/mol. The number of rotatable bonds is 7. The van der Waals surface area contributed by atoms with Gasteiger partial charge in [0.25, 0.3) is 0 Å². The Morgan fingerprint density at radius 2 is 2.05 bits per heavy atom. The summed E-state index contributed by atoms with van der Waals surface area (Å²) in [7, 11) is 0. The van der Waals surface area contributed by atoms with E-state index in [1.807, 2.05) is 11.8 Å². The molecule has 0 spiro atoms. The van der Waals surface area contributed by atoms with Gasteiger partial charge in [-0.3, -0.25) is 0 Å². The zero-order chi connectivity index (χ0) is 13.3. The van der Waals surface area contributed by atoms with Gasteiger partial charge in [0.15, 0.2) is 0 Å². The minimum Gasteiger partial charge on any atom is -0.316 e. The van der Waals surface area contributed by atoms with Crippen molar-refractivity contribution in [2.24, 2.45) is 5.92 Å². The molecule has 0 bridgehead atoms. The summed E-state index contributed by atoms with van der Waals surface area (Å²) in [5, 5.41) is 3.63. The van der Waals surface area contributed by atoms with Gasteiger partial charge in [-0.25, -0.2) is 0 Å². The third-order valence-electron chi connectivity index (χ3n) is 3.93. The van der Waals surface area contributed by atoms with E-state index in [-0.39, 0.29) is 0 Å². The van der Waals surface area contributed by atoms with Crippen molar-refractivity contribution in [3.63, 3.8) is 0 Å². The van der Waals surface area contributed by atoms with Crippen molar-refractivity contribution in [1.82, 2.24) is 5.32 Å². The number of nitrogens with one attached hydrogen (secondary N) is 1. The highest BCUT2D eigenvalue weighted by atomic mass is 32.2. The van der Waals surface area contributed by atoms with Gasteiger partial charge in [-0.15, -0.1) is 0 Å². The van der Waals surface area contributed by atoms with E-state index < -0.39 is 0 Å². The van der Waals surface area contributed by atoms with Gasteiger partial charge in [0.05, 0.1) is 0 Å². The van der Waals surface area contributed by atoms with Crippen molar-refractivity contribution in [2.45, 2.75) is 44.8 Å². The maximum atomic E-state index is 3.63. The maximum absolute atomic E-state index is 3.63. The van der Waals surface area contributed by atoms with Crippen LogP contribution in [0.25, 0.3) is 0 Å². The Bertz CT molecular complexity index is 358. The van der Waals surface area contributed by atoms with E-state index in [1.54, 1.807) is 0 Å². The molecule has 0 amide bonds. The molecule has 0 heterocycles. The second-order valence-electron chi connectivity index (χ2n) is 5.75. The summed E-state index contributed by atoms with van der Waals surface area (Å²) >= 11 is 2.04. The summed E-state index contributed by atoms with van der Waals surface area (Å²) in [5.74, 6) is 3.32. The summed E-state index contributed by atoms with van der Waals surface area (Å²) in [5.41, 5.74) is 2.82. The van der Waals surface area contributed by atoms with Gasteiger partial charge in [-0.2, -0.15) is 11.8 Å². The molecule has 1 nitrogen and oxygen atoms in total. The van der Waals surface area contributed by atoms with Gasteiger partial charge in [0.2, 0.25) is 0 Å². The summed E-state index contributed by atoms with van der Waals surface area (Å²) in [6, 6.07) is 8.85. The van der Waals surface area contributed by atoms with Crippen LogP contribution >= 0.6 is 11.8 Å². The summed E-state index contributed by atoms with van der Waals surface area (Å²) in [6.45, 7) is 4.57. The van der Waals surface area contributed by atoms with Gasteiger partial charge in [0, 0.05) is 18.1 Å². The number of hydrogen-bond donors (Lipinski definition) is 1. The van der Waals surface area contributed by atoms with Crippen LogP contribution in [0, 0.1) is 12.8 Å². The number of thioether (sulfide) groups is 1. The zero-order valence-corrected chi connectivity index (χ0v) is 13.0. The van der Waals surface area contributed by atoms with E-state index >= 15 is 0 Å². The third-order valence-corrected chi connectivity index (χ3v) is 4.96. The standard InChI is InChI=1S/C17H27NS/c1-15-6-5-9-17(12-15)14-19-11-10-18-13-16-7-3-2-4-8-16/h5-6,9,12,16,18H,2-4,7-8,10-11,13-14H2,1H3. The Hall–Kier alpha value is -0.470. The average molecular weight is 277 g/mol. The lowest BCUT2D eigenvalue weighted by Crippen LogP contribution is -2.26. The zero-order valence-electron chi connectivity index (χ0n) is 12.2. The molecule has 2 heteroatoms. The summed E-state index contributed by atoms with van der Waals surface area (Å²) < 4.78 is 0. The molecule has 1 fully saturated rings. The van der Waals surface area contributed by atoms with Crippen molar-refractivity contribution in [1.29, 1.82) is 0 Å². The van der Waals surface area contributed by atoms with E-state index in [4.69, 9.17) is 0 Å². The van der Waals surface area contributed by atoms with E-state index in [2.05, 4.69) is 36.5 Å². The summed E-state index contributed by atoms with van der Waals surface area (Å²) in [4.78, 5) is 0. The molecule has 0 aromatic heterocycles. The third kappa shape index (κ3) is 6.01. The molecular weight excluding hydrogens is 250 g/mol. The molecule has 0 aliphatic heterocycles. The number of benzene rings is 1. The molecule has 19 heavy (non-hydrogen) atoms. The van der Waals surface area contributed by atoms with Crippen molar-refractivity contribution < 1.29 is 0 Å². The smallest absolute Gasteiger partial charge is 0.0185 e. The minimum atomic E-state index is 0.954. The Morgan fingerprint density at radius 3 is 2.84 bits per heavy atom. The van der Waals surface area contributed by atoms with Gasteiger partial charge in [-0.05, 0) is 37.8 Å². The Labute approximate surface area is 122 Å². The van der Waals surface area contributed by atoms with Crippen molar-refractivity contribution in [2.75, 3.05) is 18.8 Å². The first-order chi connectivity index (χ1) is 9.34. The van der Waals surface area contributed by atoms with E-state index in [9.17, 15) is 0 Å². The molecule has 2 rings (SSSR count). The fourth-order valence-electron chi connectivity index (χ4n) is 2.83. The lowest BCUT2D eigenvalue weighted by Gasteiger charge is -2.21. The lowest BCUT2D eigenvalue weighted by molar-refractivity contribution is 0.345. The molecule has 1 aliphatic rings. The molecular formula is C17H27NS. The molecule has 0 atom stereocenters. The molecule has 1 aromatic rings. The first-order valence-electron chi connectivity index (χ1n) is 7.68. The van der Waals surface area contributed by atoms with Gasteiger partial charge in [-0.1, -0.05) is 49.1 Å². The van der Waals surface area contributed by atoms with Crippen LogP contribution in [0.2, 0.25) is 0 Å². The van der Waals surface area contributed by atoms with E-state index in [0.29, 0.717) is 0 Å². The highest BCUT2D eigenvalue weighted by Crippen LogP contribution is 2.22. The largest absolute Gasteiger partial charge is 0.316 e. The van der Waals surface area contributed by atoms with Crippen LogP contribution in [-0.4, -0.2) is 18.8 Å². The Morgan fingerprint density at radius 1 is 1.21 bits per heavy atom. The molecule has 1 aromatic carbocycles. The van der Waals surface area contributed by atoms with Crippen molar-refractivity contribution >= 4 is 11.8 Å². The predicted octanol–water partition coefficient (Wildman–Crippen LogP) is 4.40. The maximum Gasteiger partial charge on any atom is 0.0185 e. The molecule has 0 radical (unpaired) electrons. The Balaban J connectivity index is 1.50. The van der Waals surface area contributed by atoms with Crippen LogP contribution in [0.1, 0.15) is 43.2 Å². The molecule has 1 aliphatic carbocycles. The highest BCUT2D eigenvalue weighted by molar-refractivity contribution is 7.98. The number of aryl methyl sites for hydroxylation is 1. The Kier molecular flexibility index (Phi) is 6.80. The lowest BCUT2D eigenvalue weighted by atomic mass is 9.89. The first kappa shape index (κ1) is 14.9. The topological polar surface area (TPSA) is 12.0 Å². The second-order valence-corrected chi connectivity index (χ2v) is 6.85. The van der Waals surface area contributed by atoms with Crippen LogP contribution in [0.5, 0.6) is 0 Å².